The number of unbranched alkanes of at least 4 members (excludes halogenated alkanes) is 8. The number of hydrogen-bond acceptors (Lipinski definition) is 0. The van der Waals surface area contributed by atoms with Crippen molar-refractivity contribution in [1.82, 2.24) is 0 Å². The summed E-state index contributed by atoms with van der Waals surface area (Å²) in [6, 6.07) is 0. The minimum Gasteiger partial charge on any atom is -0.0880 e. The van der Waals surface area contributed by atoms with E-state index in [1.165, 1.54) is 57.8 Å². The van der Waals surface area contributed by atoms with E-state index in [9.17, 15) is 0 Å². The van der Waals surface area contributed by atoms with Crippen molar-refractivity contribution in [3.63, 3.8) is 0 Å². The molecule has 0 rings (SSSR count). The lowest BCUT2D eigenvalue weighted by Gasteiger charge is -2.10. The highest BCUT2D eigenvalue weighted by molar-refractivity contribution is 4.91. The average Bonchev–Trinajstić information content (AvgIpc) is 2.19. The molecule has 16 heavy (non-hydrogen) atoms. The Morgan fingerprint density at radius 1 is 0.750 bits per heavy atom. The fraction of sp³-hybridized carbons (Fsp3) is 0.875. The molecule has 0 aliphatic rings. The van der Waals surface area contributed by atoms with E-state index in [-0.39, 0.29) is 0 Å². The van der Waals surface area contributed by atoms with Crippen LogP contribution in [0.3, 0.4) is 0 Å². The molecule has 0 spiro atoms. The summed E-state index contributed by atoms with van der Waals surface area (Å²) in [5.74, 6) is 0. The Hall–Kier alpha value is -0.260. The van der Waals surface area contributed by atoms with Crippen LogP contribution in [0.15, 0.2) is 12.2 Å². The summed E-state index contributed by atoms with van der Waals surface area (Å²) in [6.45, 7) is 9.06. The third kappa shape index (κ3) is 13.7. The van der Waals surface area contributed by atoms with Crippen LogP contribution in [0.5, 0.6) is 0 Å². The van der Waals surface area contributed by atoms with Crippen LogP contribution in [0.4, 0.5) is 0 Å². The Balaban J connectivity index is 3.13. The molecule has 0 heteroatoms. The van der Waals surface area contributed by atoms with Crippen LogP contribution in [0.2, 0.25) is 0 Å². The first-order chi connectivity index (χ1) is 7.56. The van der Waals surface area contributed by atoms with Gasteiger partial charge in [-0.2, -0.15) is 0 Å². The lowest BCUT2D eigenvalue weighted by molar-refractivity contribution is 0.539. The smallest absolute Gasteiger partial charge is 0.0203 e. The second kappa shape index (κ2) is 9.93. The SMILES string of the molecule is CCCCCCCCCCC=CC(C)(C)C. The average molecular weight is 224 g/mol. The molecule has 0 fully saturated rings. The summed E-state index contributed by atoms with van der Waals surface area (Å²) in [5, 5.41) is 0. The molecule has 0 aromatic heterocycles. The number of rotatable bonds is 9. The molecule has 0 saturated heterocycles. The van der Waals surface area contributed by atoms with Gasteiger partial charge in [-0.05, 0) is 18.3 Å². The Labute approximate surface area is 104 Å². The Morgan fingerprint density at radius 2 is 1.25 bits per heavy atom. The van der Waals surface area contributed by atoms with E-state index in [1.807, 2.05) is 0 Å². The van der Waals surface area contributed by atoms with Crippen LogP contribution in [-0.4, -0.2) is 0 Å². The van der Waals surface area contributed by atoms with Gasteiger partial charge < -0.3 is 0 Å². The standard InChI is InChI=1S/C16H32/c1-5-6-7-8-9-10-11-12-13-14-15-16(2,3)4/h14-15H,5-13H2,1-4H3. The topological polar surface area (TPSA) is 0 Å². The molecule has 0 nitrogen and oxygen atoms in total. The highest BCUT2D eigenvalue weighted by atomic mass is 14.1. The van der Waals surface area contributed by atoms with E-state index < -0.39 is 0 Å². The first kappa shape index (κ1) is 15.7. The normalized spacial score (nSPS) is 12.5. The fourth-order valence-corrected chi connectivity index (χ4v) is 1.83. The van der Waals surface area contributed by atoms with Crippen molar-refractivity contribution in [3.8, 4) is 0 Å². The van der Waals surface area contributed by atoms with Crippen molar-refractivity contribution in [3.05, 3.63) is 12.2 Å². The van der Waals surface area contributed by atoms with Crippen molar-refractivity contribution in [2.75, 3.05) is 0 Å². The van der Waals surface area contributed by atoms with E-state index in [2.05, 4.69) is 39.8 Å². The molecule has 0 N–H and O–H groups in total. The molecule has 0 amide bonds. The van der Waals surface area contributed by atoms with Gasteiger partial charge >= 0.3 is 0 Å². The fourth-order valence-electron chi connectivity index (χ4n) is 1.83. The summed E-state index contributed by atoms with van der Waals surface area (Å²) in [6.07, 6.45) is 17.3. The zero-order valence-corrected chi connectivity index (χ0v) is 12.0. The molecular formula is C16H32. The zero-order valence-electron chi connectivity index (χ0n) is 12.0. The van der Waals surface area contributed by atoms with Gasteiger partial charge in [-0.3, -0.25) is 0 Å². The van der Waals surface area contributed by atoms with Crippen LogP contribution in [-0.2, 0) is 0 Å². The first-order valence-electron chi connectivity index (χ1n) is 7.24. The maximum absolute atomic E-state index is 2.36. The van der Waals surface area contributed by atoms with Crippen molar-refractivity contribution in [2.24, 2.45) is 5.41 Å². The Morgan fingerprint density at radius 3 is 1.75 bits per heavy atom. The van der Waals surface area contributed by atoms with Gasteiger partial charge in [0.15, 0.2) is 0 Å². The molecule has 0 aromatic carbocycles. The quantitative estimate of drug-likeness (QED) is 0.327. The van der Waals surface area contributed by atoms with Gasteiger partial charge in [0, 0.05) is 0 Å². The van der Waals surface area contributed by atoms with Crippen LogP contribution >= 0.6 is 0 Å². The van der Waals surface area contributed by atoms with Gasteiger partial charge in [-0.25, -0.2) is 0 Å². The van der Waals surface area contributed by atoms with Gasteiger partial charge in [0.1, 0.15) is 0 Å². The molecule has 96 valence electrons. The second-order valence-electron chi connectivity index (χ2n) is 6.03. The van der Waals surface area contributed by atoms with Crippen LogP contribution < -0.4 is 0 Å². The molecule has 0 bridgehead atoms. The van der Waals surface area contributed by atoms with Gasteiger partial charge in [0.2, 0.25) is 0 Å². The van der Waals surface area contributed by atoms with E-state index in [1.54, 1.807) is 0 Å². The van der Waals surface area contributed by atoms with Gasteiger partial charge in [-0.1, -0.05) is 84.8 Å². The van der Waals surface area contributed by atoms with Crippen molar-refractivity contribution in [1.29, 1.82) is 0 Å². The largest absolute Gasteiger partial charge is 0.0880 e. The van der Waals surface area contributed by atoms with Gasteiger partial charge in [0.05, 0.1) is 0 Å². The lowest BCUT2D eigenvalue weighted by atomic mass is 9.95. The summed E-state index contributed by atoms with van der Waals surface area (Å²) in [5.41, 5.74) is 0.361. The minimum absolute atomic E-state index is 0.361. The summed E-state index contributed by atoms with van der Waals surface area (Å²) in [4.78, 5) is 0. The molecule has 0 atom stereocenters. The molecule has 0 saturated carbocycles. The molecule has 0 heterocycles. The van der Waals surface area contributed by atoms with Gasteiger partial charge in [0.25, 0.3) is 0 Å². The van der Waals surface area contributed by atoms with Crippen LogP contribution in [0.25, 0.3) is 0 Å². The predicted octanol–water partition coefficient (Wildman–Crippen LogP) is 6.12. The lowest BCUT2D eigenvalue weighted by Crippen LogP contribution is -1.98. The molecular weight excluding hydrogens is 192 g/mol. The van der Waals surface area contributed by atoms with E-state index in [0.29, 0.717) is 5.41 Å². The van der Waals surface area contributed by atoms with Crippen molar-refractivity contribution < 1.29 is 0 Å². The Kier molecular flexibility index (Phi) is 9.77. The Bertz CT molecular complexity index is 159. The zero-order chi connectivity index (χ0) is 12.3. The minimum atomic E-state index is 0.361. The summed E-state index contributed by atoms with van der Waals surface area (Å²) >= 11 is 0. The molecule has 0 unspecified atom stereocenters. The highest BCUT2D eigenvalue weighted by Crippen LogP contribution is 2.16. The predicted molar refractivity (Wildman–Crippen MR) is 75.8 cm³/mol. The highest BCUT2D eigenvalue weighted by Gasteiger charge is 2.02. The van der Waals surface area contributed by atoms with Crippen molar-refractivity contribution in [2.45, 2.75) is 85.5 Å². The molecule has 0 aliphatic carbocycles. The van der Waals surface area contributed by atoms with Crippen molar-refractivity contribution >= 4 is 0 Å². The van der Waals surface area contributed by atoms with E-state index in [4.69, 9.17) is 0 Å². The molecule has 0 aliphatic heterocycles. The summed E-state index contributed by atoms with van der Waals surface area (Å²) < 4.78 is 0. The third-order valence-corrected chi connectivity index (χ3v) is 2.84. The van der Waals surface area contributed by atoms with Crippen LogP contribution in [0.1, 0.15) is 85.5 Å². The molecule has 0 radical (unpaired) electrons. The molecule has 0 aromatic rings. The van der Waals surface area contributed by atoms with Gasteiger partial charge in [-0.15, -0.1) is 0 Å². The van der Waals surface area contributed by atoms with E-state index >= 15 is 0 Å². The second-order valence-corrected chi connectivity index (χ2v) is 6.03. The number of allylic oxidation sites excluding steroid dienone is 2. The van der Waals surface area contributed by atoms with E-state index in [0.717, 1.165) is 0 Å². The maximum atomic E-state index is 2.36. The first-order valence-corrected chi connectivity index (χ1v) is 7.24. The third-order valence-electron chi connectivity index (χ3n) is 2.84. The monoisotopic (exact) mass is 224 g/mol. The summed E-state index contributed by atoms with van der Waals surface area (Å²) in [7, 11) is 0. The van der Waals surface area contributed by atoms with Crippen LogP contribution in [0, 0.1) is 5.41 Å². The number of hydrogen-bond donors (Lipinski definition) is 0. The maximum Gasteiger partial charge on any atom is -0.0203 e.